The molecule has 6 rings (SSSR count). The van der Waals surface area contributed by atoms with Crippen LogP contribution >= 0.6 is 23.2 Å². The average Bonchev–Trinajstić information content (AvgIpc) is 3.01. The molecule has 0 radical (unpaired) electrons. The molecule has 0 aliphatic heterocycles. The molecule has 4 saturated carbocycles. The Hall–Kier alpha value is -0.960. The van der Waals surface area contributed by atoms with Gasteiger partial charge in [0.15, 0.2) is 5.76 Å². The van der Waals surface area contributed by atoms with Crippen molar-refractivity contribution in [3.63, 3.8) is 0 Å². The second kappa shape index (κ2) is 6.02. The zero-order valence-corrected chi connectivity index (χ0v) is 17.7. The summed E-state index contributed by atoms with van der Waals surface area (Å²) < 4.78 is 6.14. The van der Waals surface area contributed by atoms with E-state index in [1.807, 2.05) is 18.2 Å². The van der Waals surface area contributed by atoms with Crippen LogP contribution in [0, 0.1) is 16.7 Å². The Labute approximate surface area is 171 Å². The number of furan rings is 1. The minimum absolute atomic E-state index is 0.406. The first kappa shape index (κ1) is 18.1. The molecule has 1 aromatic heterocycles. The Morgan fingerprint density at radius 2 is 1.74 bits per heavy atom. The predicted molar refractivity (Wildman–Crippen MR) is 110 cm³/mol. The third-order valence-corrected chi connectivity index (χ3v) is 7.83. The van der Waals surface area contributed by atoms with E-state index >= 15 is 0 Å². The van der Waals surface area contributed by atoms with Crippen molar-refractivity contribution in [3.05, 3.63) is 46.1 Å². The summed E-state index contributed by atoms with van der Waals surface area (Å²) in [4.78, 5) is 0. The zero-order valence-electron chi connectivity index (χ0n) is 16.2. The summed E-state index contributed by atoms with van der Waals surface area (Å²) >= 11 is 12.5. The molecule has 4 fully saturated rings. The SMILES string of the molecule is C[C@]12CC3CC([NH2+]Cc4ccc(-c5cc(Cl)ccc5Cl)o4)(C1)C[C@@](C)(C3)C2. The second-order valence-corrected chi connectivity index (χ2v) is 11.1. The second-order valence-electron chi connectivity index (χ2n) is 10.3. The summed E-state index contributed by atoms with van der Waals surface area (Å²) in [7, 11) is 0. The lowest BCUT2D eigenvalue weighted by molar-refractivity contribution is -0.757. The first-order valence-electron chi connectivity index (χ1n) is 10.1. The fraction of sp³-hybridized carbons (Fsp3) is 0.565. The fourth-order valence-corrected chi connectivity index (χ4v) is 7.78. The molecule has 0 saturated heterocycles. The van der Waals surface area contributed by atoms with E-state index in [9.17, 15) is 0 Å². The molecule has 1 heterocycles. The van der Waals surface area contributed by atoms with E-state index < -0.39 is 0 Å². The van der Waals surface area contributed by atoms with Crippen molar-refractivity contribution < 1.29 is 9.73 Å². The van der Waals surface area contributed by atoms with Crippen LogP contribution in [0.25, 0.3) is 11.3 Å². The largest absolute Gasteiger partial charge is 0.455 e. The molecule has 4 heteroatoms. The van der Waals surface area contributed by atoms with Gasteiger partial charge < -0.3 is 9.73 Å². The van der Waals surface area contributed by atoms with Crippen LogP contribution in [0.1, 0.15) is 58.1 Å². The van der Waals surface area contributed by atoms with Gasteiger partial charge in [-0.1, -0.05) is 37.0 Å². The van der Waals surface area contributed by atoms with Crippen LogP contribution in [-0.2, 0) is 6.54 Å². The number of halogens is 2. The van der Waals surface area contributed by atoms with Gasteiger partial charge in [0, 0.05) is 29.8 Å². The molecule has 2 nitrogen and oxygen atoms in total. The molecule has 2 aromatic rings. The van der Waals surface area contributed by atoms with Crippen molar-refractivity contribution >= 4 is 23.2 Å². The molecule has 144 valence electrons. The van der Waals surface area contributed by atoms with E-state index in [0.29, 0.717) is 26.4 Å². The molecule has 2 N–H and O–H groups in total. The molecule has 1 aromatic carbocycles. The average molecular weight is 405 g/mol. The van der Waals surface area contributed by atoms with E-state index in [4.69, 9.17) is 27.6 Å². The third-order valence-electron chi connectivity index (χ3n) is 7.26. The molecule has 27 heavy (non-hydrogen) atoms. The van der Waals surface area contributed by atoms with Crippen molar-refractivity contribution in [2.75, 3.05) is 0 Å². The maximum absolute atomic E-state index is 6.33. The maximum Gasteiger partial charge on any atom is 0.158 e. The molecule has 4 atom stereocenters. The molecule has 4 bridgehead atoms. The summed E-state index contributed by atoms with van der Waals surface area (Å²) in [6.07, 6.45) is 8.41. The molecule has 0 spiro atoms. The summed E-state index contributed by atoms with van der Waals surface area (Å²) in [6.45, 7) is 5.96. The topological polar surface area (TPSA) is 29.8 Å². The highest BCUT2D eigenvalue weighted by atomic mass is 35.5. The van der Waals surface area contributed by atoms with Crippen LogP contribution in [-0.4, -0.2) is 5.54 Å². The van der Waals surface area contributed by atoms with Crippen LogP contribution in [0.3, 0.4) is 0 Å². The normalized spacial score (nSPS) is 37.1. The van der Waals surface area contributed by atoms with Gasteiger partial charge in [-0.15, -0.1) is 0 Å². The van der Waals surface area contributed by atoms with Gasteiger partial charge in [0.1, 0.15) is 12.3 Å². The highest BCUT2D eigenvalue weighted by Gasteiger charge is 2.62. The summed E-state index contributed by atoms with van der Waals surface area (Å²) in [5.74, 6) is 2.74. The highest BCUT2D eigenvalue weighted by Crippen LogP contribution is 2.65. The minimum atomic E-state index is 0.406. The van der Waals surface area contributed by atoms with Crippen molar-refractivity contribution in [2.24, 2.45) is 16.7 Å². The van der Waals surface area contributed by atoms with Crippen LogP contribution in [0.15, 0.2) is 34.7 Å². The number of quaternary nitrogens is 1. The van der Waals surface area contributed by atoms with Gasteiger partial charge in [-0.25, -0.2) is 0 Å². The van der Waals surface area contributed by atoms with Crippen molar-refractivity contribution in [3.8, 4) is 11.3 Å². The standard InChI is InChI=1S/C23H27Cl2NO/c1-21-8-15-9-22(2,12-21)14-23(10-15,13-21)26-11-17-4-6-20(27-17)18-7-16(24)3-5-19(18)25/h3-7,15,26H,8-14H2,1-2H3/p+1/t15?,21-,22+,23?. The molecular formula is C23H28Cl2NO+. The predicted octanol–water partition coefficient (Wildman–Crippen LogP) is 6.07. The van der Waals surface area contributed by atoms with Gasteiger partial charge in [0.25, 0.3) is 0 Å². The maximum atomic E-state index is 6.33. The van der Waals surface area contributed by atoms with Crippen LogP contribution in [0.5, 0.6) is 0 Å². The van der Waals surface area contributed by atoms with Gasteiger partial charge in [-0.3, -0.25) is 0 Å². The summed E-state index contributed by atoms with van der Waals surface area (Å²) in [5.41, 5.74) is 2.37. The Kier molecular flexibility index (Phi) is 4.03. The number of hydrogen-bond donors (Lipinski definition) is 1. The van der Waals surface area contributed by atoms with Crippen molar-refractivity contribution in [2.45, 2.75) is 64.5 Å². The summed E-state index contributed by atoms with van der Waals surface area (Å²) in [6, 6.07) is 9.61. The monoisotopic (exact) mass is 404 g/mol. The van der Waals surface area contributed by atoms with Crippen LogP contribution < -0.4 is 5.32 Å². The van der Waals surface area contributed by atoms with E-state index in [2.05, 4.69) is 25.2 Å². The van der Waals surface area contributed by atoms with E-state index in [-0.39, 0.29) is 0 Å². The Bertz CT molecular complexity index is 870. The Morgan fingerprint density at radius 3 is 2.44 bits per heavy atom. The minimum Gasteiger partial charge on any atom is -0.455 e. The number of benzene rings is 1. The summed E-state index contributed by atoms with van der Waals surface area (Å²) in [5, 5.41) is 3.94. The zero-order chi connectivity index (χ0) is 18.9. The first-order chi connectivity index (χ1) is 12.8. The fourth-order valence-electron chi connectivity index (χ4n) is 7.40. The Balaban J connectivity index is 1.34. The van der Waals surface area contributed by atoms with Crippen molar-refractivity contribution in [1.82, 2.24) is 0 Å². The van der Waals surface area contributed by atoms with Crippen LogP contribution in [0.4, 0.5) is 0 Å². The Morgan fingerprint density at radius 1 is 1.00 bits per heavy atom. The quantitative estimate of drug-likeness (QED) is 0.658. The number of hydrogen-bond acceptors (Lipinski definition) is 1. The van der Waals surface area contributed by atoms with Crippen LogP contribution in [0.2, 0.25) is 10.0 Å². The van der Waals surface area contributed by atoms with Crippen molar-refractivity contribution in [1.29, 1.82) is 0 Å². The molecule has 0 amide bonds. The number of rotatable bonds is 4. The molecular weight excluding hydrogens is 377 g/mol. The van der Waals surface area contributed by atoms with Gasteiger partial charge in [0.2, 0.25) is 0 Å². The molecule has 2 unspecified atom stereocenters. The lowest BCUT2D eigenvalue weighted by atomic mass is 9.43. The van der Waals surface area contributed by atoms with Gasteiger partial charge in [0.05, 0.1) is 10.6 Å². The van der Waals surface area contributed by atoms with Gasteiger partial charge in [-0.05, 0) is 66.3 Å². The lowest BCUT2D eigenvalue weighted by Crippen LogP contribution is -2.98. The van der Waals surface area contributed by atoms with E-state index in [1.54, 1.807) is 6.07 Å². The molecule has 4 aliphatic carbocycles. The molecule has 4 aliphatic rings. The van der Waals surface area contributed by atoms with Gasteiger partial charge >= 0.3 is 0 Å². The number of nitrogens with two attached hydrogens (primary N) is 1. The highest BCUT2D eigenvalue weighted by molar-refractivity contribution is 6.35. The lowest BCUT2D eigenvalue weighted by Gasteiger charge is -2.63. The third kappa shape index (κ3) is 3.24. The van der Waals surface area contributed by atoms with Gasteiger partial charge in [-0.2, -0.15) is 0 Å². The van der Waals surface area contributed by atoms with E-state index in [1.165, 1.54) is 38.5 Å². The first-order valence-corrected chi connectivity index (χ1v) is 10.9. The smallest absolute Gasteiger partial charge is 0.158 e. The van der Waals surface area contributed by atoms with E-state index in [0.717, 1.165) is 29.5 Å².